The molecular weight excluding hydrogens is 306 g/mol. The van der Waals surface area contributed by atoms with Crippen LogP contribution in [0.2, 0.25) is 0 Å². The topological polar surface area (TPSA) is 133 Å². The van der Waals surface area contributed by atoms with Gasteiger partial charge < -0.3 is 17.2 Å². The first kappa shape index (κ1) is 27.5. The lowest BCUT2D eigenvalue weighted by atomic mass is 10.2. The summed E-state index contributed by atoms with van der Waals surface area (Å²) in [7, 11) is 0. The summed E-state index contributed by atoms with van der Waals surface area (Å²) in [5.74, 6) is 0.501. The van der Waals surface area contributed by atoms with E-state index in [1.807, 2.05) is 34.6 Å². The van der Waals surface area contributed by atoms with E-state index in [4.69, 9.17) is 22.1 Å². The summed E-state index contributed by atoms with van der Waals surface area (Å²) in [6.45, 7) is 11.7. The van der Waals surface area contributed by atoms with Crippen molar-refractivity contribution in [2.24, 2.45) is 23.1 Å². The van der Waals surface area contributed by atoms with Crippen LogP contribution in [0, 0.1) is 5.92 Å². The number of rotatable bonds is 12. The van der Waals surface area contributed by atoms with Crippen LogP contribution in [-0.2, 0) is 29.3 Å². The number of hydrogen-bond donors (Lipinski definition) is 3. The Morgan fingerprint density at radius 3 is 1.65 bits per heavy atom. The van der Waals surface area contributed by atoms with E-state index < -0.39 is 0 Å². The van der Waals surface area contributed by atoms with Crippen LogP contribution in [0.5, 0.6) is 0 Å². The van der Waals surface area contributed by atoms with Gasteiger partial charge in [0.05, 0.1) is 19.3 Å². The van der Waals surface area contributed by atoms with E-state index in [0.717, 1.165) is 12.8 Å². The molecule has 6 N–H and O–H groups in total. The Labute approximate surface area is 140 Å². The quantitative estimate of drug-likeness (QED) is 0.208. The molecule has 0 aromatic heterocycles. The Balaban J connectivity index is -0.000000262. The summed E-state index contributed by atoms with van der Waals surface area (Å²) in [4.78, 5) is 27.1. The van der Waals surface area contributed by atoms with Crippen molar-refractivity contribution in [3.63, 3.8) is 0 Å². The minimum Gasteiger partial charge on any atom is -0.306 e. The Morgan fingerprint density at radius 1 is 0.739 bits per heavy atom. The summed E-state index contributed by atoms with van der Waals surface area (Å²) in [6.07, 6.45) is 2.05. The molecule has 0 heterocycles. The highest BCUT2D eigenvalue weighted by Gasteiger charge is 1.95. The minimum atomic E-state index is 0.129. The van der Waals surface area contributed by atoms with Gasteiger partial charge >= 0.3 is 0 Å². The van der Waals surface area contributed by atoms with Crippen LogP contribution in [0.25, 0.3) is 0 Å². The van der Waals surface area contributed by atoms with Gasteiger partial charge in [0.1, 0.15) is 20.2 Å². The highest BCUT2D eigenvalue weighted by Crippen LogP contribution is 1.94. The summed E-state index contributed by atoms with van der Waals surface area (Å²) in [5, 5.41) is 0. The van der Waals surface area contributed by atoms with Crippen LogP contribution in [0.1, 0.15) is 47.5 Å². The van der Waals surface area contributed by atoms with E-state index in [-0.39, 0.29) is 26.3 Å². The van der Waals surface area contributed by atoms with Crippen molar-refractivity contribution in [1.29, 1.82) is 0 Å². The zero-order valence-electron chi connectivity index (χ0n) is 15.3. The van der Waals surface area contributed by atoms with Gasteiger partial charge in [-0.25, -0.2) is 29.3 Å². The van der Waals surface area contributed by atoms with Crippen molar-refractivity contribution in [3.05, 3.63) is 0 Å². The van der Waals surface area contributed by atoms with Gasteiger partial charge in [0.25, 0.3) is 0 Å². The predicted octanol–water partition coefficient (Wildman–Crippen LogP) is 1.42. The molecular formula is C14H37N3O6. The molecule has 144 valence electrons. The molecule has 0 bridgehead atoms. The summed E-state index contributed by atoms with van der Waals surface area (Å²) in [6, 6.07) is 0. The third-order valence-electron chi connectivity index (χ3n) is 1.87. The maximum Gasteiger partial charge on any atom is 0.130 e. The van der Waals surface area contributed by atoms with E-state index in [9.17, 15) is 0 Å². The molecule has 0 aromatic carbocycles. The van der Waals surface area contributed by atoms with E-state index in [1.54, 1.807) is 0 Å². The lowest BCUT2D eigenvalue weighted by Gasteiger charge is -2.06. The molecule has 0 spiro atoms. The lowest BCUT2D eigenvalue weighted by Crippen LogP contribution is -2.11. The van der Waals surface area contributed by atoms with Crippen LogP contribution >= 0.6 is 0 Å². The second-order valence-electron chi connectivity index (χ2n) is 4.67. The molecule has 1 unspecified atom stereocenters. The molecule has 0 fully saturated rings. The Morgan fingerprint density at radius 2 is 1.26 bits per heavy atom. The molecule has 0 saturated heterocycles. The van der Waals surface area contributed by atoms with E-state index in [2.05, 4.69) is 24.4 Å². The summed E-state index contributed by atoms with van der Waals surface area (Å²) >= 11 is 0. The molecule has 23 heavy (non-hydrogen) atoms. The van der Waals surface area contributed by atoms with Gasteiger partial charge in [-0.3, -0.25) is 0 Å². The number of hydrogen-bond acceptors (Lipinski definition) is 9. The van der Waals surface area contributed by atoms with Crippen LogP contribution < -0.4 is 17.2 Å². The fourth-order valence-electron chi connectivity index (χ4n) is 0.646. The average Bonchev–Trinajstić information content (AvgIpc) is 2.54. The maximum absolute atomic E-state index is 4.98. The highest BCUT2D eigenvalue weighted by atomic mass is 17.2. The standard InChI is InChI=1S/2C5H13NO2.C4H11NO2/c1-5(2)3-7-8-4-6;1-3-5(2)8-7-4-6;1-2-3-6-7-4-5/h2*5H,3-4,6H2,1-2H3;2-5H2,1H3. The van der Waals surface area contributed by atoms with Crippen molar-refractivity contribution in [1.82, 2.24) is 0 Å². The van der Waals surface area contributed by atoms with Gasteiger partial charge in [-0.1, -0.05) is 27.7 Å². The van der Waals surface area contributed by atoms with Crippen LogP contribution in [0.15, 0.2) is 0 Å². The molecule has 0 saturated carbocycles. The molecule has 9 heteroatoms. The Hall–Kier alpha value is -0.360. The molecule has 9 nitrogen and oxygen atoms in total. The fraction of sp³-hybridized carbons (Fsp3) is 1.00. The Bertz CT molecular complexity index is 186. The first-order chi connectivity index (χ1) is 11.0. The molecule has 0 aromatic rings. The molecule has 0 aliphatic rings. The summed E-state index contributed by atoms with van der Waals surface area (Å²) in [5.41, 5.74) is 14.9. The van der Waals surface area contributed by atoms with Gasteiger partial charge in [0, 0.05) is 0 Å². The van der Waals surface area contributed by atoms with E-state index in [0.29, 0.717) is 19.1 Å². The SMILES string of the molecule is CC(C)COOCN.CCC(C)OOCN.CCCOOCN. The molecule has 0 aliphatic carbocycles. The molecule has 0 aliphatic heterocycles. The smallest absolute Gasteiger partial charge is 0.130 e. The fourth-order valence-corrected chi connectivity index (χ4v) is 0.646. The van der Waals surface area contributed by atoms with Gasteiger partial charge in [-0.15, -0.1) is 0 Å². The average molecular weight is 343 g/mol. The second-order valence-corrected chi connectivity index (χ2v) is 4.67. The monoisotopic (exact) mass is 343 g/mol. The highest BCUT2D eigenvalue weighted by molar-refractivity contribution is 4.37. The normalized spacial score (nSPS) is 11.3. The van der Waals surface area contributed by atoms with Crippen molar-refractivity contribution in [2.45, 2.75) is 53.6 Å². The largest absolute Gasteiger partial charge is 0.306 e. The van der Waals surface area contributed by atoms with E-state index >= 15 is 0 Å². The van der Waals surface area contributed by atoms with Crippen molar-refractivity contribution in [2.75, 3.05) is 33.4 Å². The first-order valence-electron chi connectivity index (χ1n) is 7.87. The number of nitrogens with two attached hydrogens (primary N) is 3. The molecule has 0 radical (unpaired) electrons. The van der Waals surface area contributed by atoms with Crippen molar-refractivity contribution < 1.29 is 29.3 Å². The van der Waals surface area contributed by atoms with Gasteiger partial charge in [-0.05, 0) is 25.7 Å². The van der Waals surface area contributed by atoms with Crippen LogP contribution in [-0.4, -0.2) is 39.5 Å². The van der Waals surface area contributed by atoms with E-state index in [1.165, 1.54) is 0 Å². The minimum absolute atomic E-state index is 0.129. The lowest BCUT2D eigenvalue weighted by molar-refractivity contribution is -0.319. The Kier molecular flexibility index (Phi) is 31.7. The molecule has 0 amide bonds. The predicted molar refractivity (Wildman–Crippen MR) is 88.3 cm³/mol. The summed E-state index contributed by atoms with van der Waals surface area (Å²) < 4.78 is 0. The zero-order valence-corrected chi connectivity index (χ0v) is 15.3. The van der Waals surface area contributed by atoms with Crippen LogP contribution in [0.3, 0.4) is 0 Å². The van der Waals surface area contributed by atoms with Gasteiger partial charge in [-0.2, -0.15) is 0 Å². The van der Waals surface area contributed by atoms with Crippen LogP contribution in [0.4, 0.5) is 0 Å². The van der Waals surface area contributed by atoms with Crippen molar-refractivity contribution >= 4 is 0 Å². The van der Waals surface area contributed by atoms with Crippen molar-refractivity contribution in [3.8, 4) is 0 Å². The maximum atomic E-state index is 4.98. The zero-order chi connectivity index (χ0) is 18.3. The second kappa shape index (κ2) is 26.5. The first-order valence-corrected chi connectivity index (χ1v) is 7.87. The molecule has 1 atom stereocenters. The van der Waals surface area contributed by atoms with Gasteiger partial charge in [0.15, 0.2) is 0 Å². The third-order valence-corrected chi connectivity index (χ3v) is 1.87. The molecule has 0 rings (SSSR count). The van der Waals surface area contributed by atoms with Gasteiger partial charge in [0.2, 0.25) is 0 Å². The third kappa shape index (κ3) is 38.9.